The number of nitrogens with zero attached hydrogens (tertiary/aromatic N) is 3. The average molecular weight is 582 g/mol. The minimum atomic E-state index is -3.69. The fraction of sp³-hybridized carbons (Fsp3) is 0.367. The summed E-state index contributed by atoms with van der Waals surface area (Å²) in [5.74, 6) is -0.418. The van der Waals surface area contributed by atoms with Gasteiger partial charge in [-0.3, -0.25) is 4.79 Å². The van der Waals surface area contributed by atoms with Gasteiger partial charge in [-0.2, -0.15) is 15.6 Å². The Bertz CT molecular complexity index is 1610. The second-order valence-electron chi connectivity index (χ2n) is 10.5. The number of aliphatic hydroxyl groups excluding tert-OH is 1. The van der Waals surface area contributed by atoms with Crippen LogP contribution in [0.1, 0.15) is 29.9 Å². The van der Waals surface area contributed by atoms with E-state index in [1.807, 2.05) is 74.0 Å². The molecule has 5 rings (SSSR count). The summed E-state index contributed by atoms with van der Waals surface area (Å²) in [5.41, 5.74) is 4.14. The highest BCUT2D eigenvalue weighted by Crippen LogP contribution is 2.38. The number of amides is 1. The quantitative estimate of drug-likeness (QED) is 0.360. The summed E-state index contributed by atoms with van der Waals surface area (Å²) in [6, 6.07) is 17.0. The molecular weight excluding hydrogens is 546 g/mol. The van der Waals surface area contributed by atoms with Gasteiger partial charge in [-0.05, 0) is 35.6 Å². The first-order valence-corrected chi connectivity index (χ1v) is 15.7. The van der Waals surface area contributed by atoms with Crippen LogP contribution in [0.5, 0.6) is 0 Å². The number of carbonyl (C=O) groups is 1. The molecule has 0 spiro atoms. The lowest BCUT2D eigenvalue weighted by atomic mass is 9.96. The van der Waals surface area contributed by atoms with Crippen LogP contribution >= 0.6 is 11.3 Å². The Morgan fingerprint density at radius 2 is 1.88 bits per heavy atom. The predicted octanol–water partition coefficient (Wildman–Crippen LogP) is 4.59. The first-order chi connectivity index (χ1) is 19.1. The van der Waals surface area contributed by atoms with Gasteiger partial charge in [-0.15, -0.1) is 0 Å². The maximum Gasteiger partial charge on any atom is 0.271 e. The third-order valence-corrected chi connectivity index (χ3v) is 10.5. The fourth-order valence-electron chi connectivity index (χ4n) is 5.46. The Kier molecular flexibility index (Phi) is 8.17. The SMILES string of the molecule is C[C@H](CO)N1C[C@H](C)[C@H](CN(C)S(=O)(=O)c2ccsc2)OCc2ccccc2-c2c(n(C)c3ccccc23)C1=O. The normalized spacial score (nSPS) is 19.4. The van der Waals surface area contributed by atoms with Crippen molar-refractivity contribution < 1.29 is 23.1 Å². The van der Waals surface area contributed by atoms with Crippen molar-refractivity contribution in [2.75, 3.05) is 26.7 Å². The van der Waals surface area contributed by atoms with E-state index in [-0.39, 0.29) is 43.0 Å². The Hall–Kier alpha value is -3.02. The molecule has 40 heavy (non-hydrogen) atoms. The summed E-state index contributed by atoms with van der Waals surface area (Å²) < 4.78 is 36.2. The molecule has 212 valence electrons. The van der Waals surface area contributed by atoms with Crippen molar-refractivity contribution in [3.05, 3.63) is 76.6 Å². The van der Waals surface area contributed by atoms with Gasteiger partial charge in [0.1, 0.15) is 5.69 Å². The van der Waals surface area contributed by atoms with Crippen molar-refractivity contribution in [2.45, 2.75) is 37.5 Å². The van der Waals surface area contributed by atoms with Crippen molar-refractivity contribution >= 4 is 38.2 Å². The van der Waals surface area contributed by atoms with Crippen molar-refractivity contribution in [1.82, 2.24) is 13.8 Å². The number of aryl methyl sites for hydroxylation is 1. The summed E-state index contributed by atoms with van der Waals surface area (Å²) in [7, 11) is -0.236. The summed E-state index contributed by atoms with van der Waals surface area (Å²) in [5, 5.41) is 14.5. The molecule has 2 aromatic carbocycles. The van der Waals surface area contributed by atoms with Gasteiger partial charge in [-0.25, -0.2) is 8.42 Å². The van der Waals surface area contributed by atoms with Crippen molar-refractivity contribution in [3.63, 3.8) is 0 Å². The zero-order chi connectivity index (χ0) is 28.6. The third-order valence-electron chi connectivity index (χ3n) is 7.87. The maximum absolute atomic E-state index is 14.4. The summed E-state index contributed by atoms with van der Waals surface area (Å²) in [6.07, 6.45) is -0.509. The number of likely N-dealkylation sites (N-methyl/N-ethyl adjacent to an activating group) is 1. The van der Waals surface area contributed by atoms with Crippen molar-refractivity contribution in [2.24, 2.45) is 13.0 Å². The second-order valence-corrected chi connectivity index (χ2v) is 13.3. The van der Waals surface area contributed by atoms with E-state index in [9.17, 15) is 18.3 Å². The number of hydrogen-bond donors (Lipinski definition) is 1. The lowest BCUT2D eigenvalue weighted by Crippen LogP contribution is -2.48. The maximum atomic E-state index is 14.4. The molecule has 1 aliphatic heterocycles. The van der Waals surface area contributed by atoms with E-state index >= 15 is 0 Å². The molecule has 0 fully saturated rings. The number of thiophene rings is 1. The van der Waals surface area contributed by atoms with Gasteiger partial charge in [0, 0.05) is 54.9 Å². The van der Waals surface area contributed by atoms with Gasteiger partial charge < -0.3 is 19.3 Å². The molecule has 10 heteroatoms. The van der Waals surface area contributed by atoms with E-state index in [1.165, 1.54) is 15.6 Å². The lowest BCUT2D eigenvalue weighted by molar-refractivity contribution is -0.0147. The zero-order valence-corrected chi connectivity index (χ0v) is 24.8. The number of para-hydroxylation sites is 1. The molecule has 8 nitrogen and oxygen atoms in total. The number of hydrogen-bond acceptors (Lipinski definition) is 6. The molecular formula is C30H35N3O5S2. The van der Waals surface area contributed by atoms with Crippen LogP contribution in [-0.4, -0.2) is 72.1 Å². The molecule has 1 aliphatic rings. The van der Waals surface area contributed by atoms with E-state index in [0.29, 0.717) is 5.69 Å². The van der Waals surface area contributed by atoms with E-state index in [1.54, 1.807) is 28.8 Å². The van der Waals surface area contributed by atoms with E-state index < -0.39 is 22.2 Å². The smallest absolute Gasteiger partial charge is 0.271 e. The number of rotatable bonds is 6. The molecule has 1 N–H and O–H groups in total. The van der Waals surface area contributed by atoms with E-state index in [0.717, 1.165) is 27.6 Å². The van der Waals surface area contributed by atoms with Crippen LogP contribution in [-0.2, 0) is 28.4 Å². The second kappa shape index (κ2) is 11.5. The topological polar surface area (TPSA) is 92.1 Å². The number of fused-ring (bicyclic) bond motifs is 5. The van der Waals surface area contributed by atoms with Crippen LogP contribution in [0.15, 0.2) is 70.3 Å². The highest BCUT2D eigenvalue weighted by Gasteiger charge is 2.34. The summed E-state index contributed by atoms with van der Waals surface area (Å²) in [6.45, 7) is 4.24. The first-order valence-electron chi connectivity index (χ1n) is 13.3. The number of aromatic nitrogens is 1. The van der Waals surface area contributed by atoms with Gasteiger partial charge in [-0.1, -0.05) is 49.4 Å². The molecule has 4 aromatic rings. The molecule has 0 unspecified atom stereocenters. The Morgan fingerprint density at radius 1 is 1.15 bits per heavy atom. The highest BCUT2D eigenvalue weighted by atomic mass is 32.2. The summed E-state index contributed by atoms with van der Waals surface area (Å²) >= 11 is 1.33. The van der Waals surface area contributed by atoms with Crippen molar-refractivity contribution in [1.29, 1.82) is 0 Å². The predicted molar refractivity (Wildman–Crippen MR) is 158 cm³/mol. The molecule has 3 atom stereocenters. The van der Waals surface area contributed by atoms with Crippen LogP contribution in [0.25, 0.3) is 22.0 Å². The Morgan fingerprint density at radius 3 is 2.60 bits per heavy atom. The van der Waals surface area contributed by atoms with Gasteiger partial charge in [0.25, 0.3) is 5.91 Å². The van der Waals surface area contributed by atoms with Crippen LogP contribution < -0.4 is 0 Å². The molecule has 0 saturated heterocycles. The highest BCUT2D eigenvalue weighted by molar-refractivity contribution is 7.89. The minimum absolute atomic E-state index is 0.118. The number of ether oxygens (including phenoxy) is 1. The standard InChI is InChI=1S/C30H35N3O5S2/c1-20-15-33(21(2)17-34)30(35)29-28(25-11-7-8-12-26(25)32(29)4)24-10-6-5-9-22(24)18-38-27(20)16-31(3)40(36,37)23-13-14-39-19-23/h5-14,19-21,27,34H,15-18H2,1-4H3/t20-,21+,27-/m0/s1. The van der Waals surface area contributed by atoms with Crippen LogP contribution in [0.4, 0.5) is 0 Å². The molecule has 0 aliphatic carbocycles. The number of carbonyl (C=O) groups excluding carboxylic acids is 1. The van der Waals surface area contributed by atoms with Gasteiger partial charge in [0.05, 0.1) is 30.3 Å². The van der Waals surface area contributed by atoms with Crippen molar-refractivity contribution in [3.8, 4) is 11.1 Å². The van der Waals surface area contributed by atoms with Crippen LogP contribution in [0, 0.1) is 5.92 Å². The molecule has 3 heterocycles. The summed E-state index contributed by atoms with van der Waals surface area (Å²) in [4.78, 5) is 16.4. The number of benzene rings is 2. The number of sulfonamides is 1. The van der Waals surface area contributed by atoms with Crippen LogP contribution in [0.2, 0.25) is 0 Å². The Balaban J connectivity index is 1.63. The van der Waals surface area contributed by atoms with E-state index in [2.05, 4.69) is 0 Å². The lowest BCUT2D eigenvalue weighted by Gasteiger charge is -2.34. The third kappa shape index (κ3) is 5.10. The zero-order valence-electron chi connectivity index (χ0n) is 23.1. The number of aliphatic hydroxyl groups is 1. The van der Waals surface area contributed by atoms with Gasteiger partial charge in [0.15, 0.2) is 0 Å². The molecule has 1 amide bonds. The average Bonchev–Trinajstić information content (AvgIpc) is 3.60. The van der Waals surface area contributed by atoms with E-state index in [4.69, 9.17) is 4.74 Å². The molecule has 2 aromatic heterocycles. The fourth-order valence-corrected chi connectivity index (χ4v) is 7.65. The Labute approximate surface area is 239 Å². The minimum Gasteiger partial charge on any atom is -0.394 e. The van der Waals surface area contributed by atoms with Gasteiger partial charge >= 0.3 is 0 Å². The molecule has 0 bridgehead atoms. The monoisotopic (exact) mass is 581 g/mol. The van der Waals surface area contributed by atoms with Crippen LogP contribution in [0.3, 0.4) is 0 Å². The largest absolute Gasteiger partial charge is 0.394 e. The molecule has 0 saturated carbocycles. The van der Waals surface area contributed by atoms with Gasteiger partial charge in [0.2, 0.25) is 10.0 Å². The molecule has 0 radical (unpaired) electrons. The first kappa shape index (κ1) is 28.5.